The van der Waals surface area contributed by atoms with Gasteiger partial charge in [-0.05, 0) is 48.4 Å². The summed E-state index contributed by atoms with van der Waals surface area (Å²) in [6, 6.07) is 10.1. The van der Waals surface area contributed by atoms with E-state index in [1.807, 2.05) is 18.2 Å². The maximum Gasteiger partial charge on any atom is 0.0595 e. The van der Waals surface area contributed by atoms with E-state index in [1.165, 1.54) is 4.88 Å². The summed E-state index contributed by atoms with van der Waals surface area (Å²) in [7, 11) is 0. The van der Waals surface area contributed by atoms with E-state index in [9.17, 15) is 0 Å². The van der Waals surface area contributed by atoms with E-state index in [1.54, 1.807) is 11.3 Å². The molecule has 0 saturated heterocycles. The predicted molar refractivity (Wildman–Crippen MR) is 80.8 cm³/mol. The average Bonchev–Trinajstić information content (AvgIpc) is 2.84. The van der Waals surface area contributed by atoms with Crippen LogP contribution < -0.4 is 5.73 Å². The van der Waals surface area contributed by atoms with Gasteiger partial charge in [0.05, 0.1) is 10.0 Å². The summed E-state index contributed by atoms with van der Waals surface area (Å²) in [4.78, 5) is 1.39. The van der Waals surface area contributed by atoms with Crippen LogP contribution in [0.3, 0.4) is 0 Å². The molecule has 1 heterocycles. The molecule has 18 heavy (non-hydrogen) atoms. The smallest absolute Gasteiger partial charge is 0.0595 e. The highest BCUT2D eigenvalue weighted by atomic mass is 35.5. The Balaban J connectivity index is 1.86. The van der Waals surface area contributed by atoms with Crippen LogP contribution >= 0.6 is 34.5 Å². The van der Waals surface area contributed by atoms with Gasteiger partial charge in [0.25, 0.3) is 0 Å². The van der Waals surface area contributed by atoms with Gasteiger partial charge in [-0.2, -0.15) is 0 Å². The van der Waals surface area contributed by atoms with Gasteiger partial charge in [-0.25, -0.2) is 0 Å². The molecule has 0 amide bonds. The predicted octanol–water partition coefficient (Wildman–Crippen LogP) is 4.56. The maximum atomic E-state index is 6.14. The van der Waals surface area contributed by atoms with Gasteiger partial charge in [0, 0.05) is 10.9 Å². The Morgan fingerprint density at radius 2 is 2.00 bits per heavy atom. The summed E-state index contributed by atoms with van der Waals surface area (Å²) < 4.78 is 0. The summed E-state index contributed by atoms with van der Waals surface area (Å²) in [6.07, 6.45) is 2.86. The largest absolute Gasteiger partial charge is 0.327 e. The third kappa shape index (κ3) is 3.99. The van der Waals surface area contributed by atoms with E-state index in [0.717, 1.165) is 24.8 Å². The molecule has 0 radical (unpaired) electrons. The van der Waals surface area contributed by atoms with Crippen LogP contribution in [0.4, 0.5) is 0 Å². The molecule has 2 aromatic rings. The first-order valence-corrected chi connectivity index (χ1v) is 7.50. The zero-order valence-corrected chi connectivity index (χ0v) is 12.2. The van der Waals surface area contributed by atoms with Crippen molar-refractivity contribution >= 4 is 34.5 Å². The Morgan fingerprint density at radius 3 is 2.67 bits per heavy atom. The molecule has 1 aromatic heterocycles. The molecule has 0 spiro atoms. The van der Waals surface area contributed by atoms with Crippen LogP contribution in [0.15, 0.2) is 35.7 Å². The topological polar surface area (TPSA) is 26.0 Å². The minimum atomic E-state index is 0.157. The van der Waals surface area contributed by atoms with Crippen molar-refractivity contribution in [2.24, 2.45) is 5.73 Å². The highest BCUT2D eigenvalue weighted by molar-refractivity contribution is 7.09. The number of halogens is 2. The lowest BCUT2D eigenvalue weighted by Gasteiger charge is -2.11. The number of benzene rings is 1. The van der Waals surface area contributed by atoms with Crippen LogP contribution in [0.1, 0.15) is 16.9 Å². The molecule has 1 unspecified atom stereocenters. The van der Waals surface area contributed by atoms with Gasteiger partial charge in [-0.3, -0.25) is 0 Å². The standard InChI is InChI=1S/C14H15Cl2NS/c15-13-6-3-10(9-14(13)16)8-11(17)4-5-12-2-1-7-18-12/h1-3,6-7,9,11H,4-5,8,17H2. The Hall–Kier alpha value is -0.540. The Morgan fingerprint density at radius 1 is 1.17 bits per heavy atom. The van der Waals surface area contributed by atoms with Crippen molar-refractivity contribution in [3.05, 3.63) is 56.2 Å². The zero-order valence-electron chi connectivity index (χ0n) is 9.90. The van der Waals surface area contributed by atoms with Gasteiger partial charge in [0.15, 0.2) is 0 Å². The van der Waals surface area contributed by atoms with E-state index < -0.39 is 0 Å². The normalized spacial score (nSPS) is 12.6. The highest BCUT2D eigenvalue weighted by Gasteiger charge is 2.07. The third-order valence-corrected chi connectivity index (χ3v) is 4.50. The summed E-state index contributed by atoms with van der Waals surface area (Å²) in [5.74, 6) is 0. The molecule has 2 N–H and O–H groups in total. The quantitative estimate of drug-likeness (QED) is 0.861. The highest BCUT2D eigenvalue weighted by Crippen LogP contribution is 2.23. The molecule has 4 heteroatoms. The van der Waals surface area contributed by atoms with Crippen molar-refractivity contribution < 1.29 is 0 Å². The summed E-state index contributed by atoms with van der Waals surface area (Å²) >= 11 is 13.7. The first-order chi connectivity index (χ1) is 8.65. The van der Waals surface area contributed by atoms with Crippen LogP contribution in [0, 0.1) is 0 Å². The lowest BCUT2D eigenvalue weighted by molar-refractivity contribution is 0.613. The van der Waals surface area contributed by atoms with Gasteiger partial charge >= 0.3 is 0 Å². The van der Waals surface area contributed by atoms with Crippen molar-refractivity contribution in [3.8, 4) is 0 Å². The average molecular weight is 300 g/mol. The molecule has 0 fully saturated rings. The van der Waals surface area contributed by atoms with Gasteiger partial charge in [-0.1, -0.05) is 35.3 Å². The van der Waals surface area contributed by atoms with E-state index in [-0.39, 0.29) is 6.04 Å². The molecule has 2 rings (SSSR count). The number of rotatable bonds is 5. The third-order valence-electron chi connectivity index (χ3n) is 2.82. The van der Waals surface area contributed by atoms with Crippen molar-refractivity contribution in [2.45, 2.75) is 25.3 Å². The lowest BCUT2D eigenvalue weighted by atomic mass is 10.0. The van der Waals surface area contributed by atoms with Gasteiger partial charge in [0.2, 0.25) is 0 Å². The zero-order chi connectivity index (χ0) is 13.0. The fraction of sp³-hybridized carbons (Fsp3) is 0.286. The van der Waals surface area contributed by atoms with Crippen molar-refractivity contribution in [2.75, 3.05) is 0 Å². The lowest BCUT2D eigenvalue weighted by Crippen LogP contribution is -2.23. The SMILES string of the molecule is NC(CCc1cccs1)Cc1ccc(Cl)c(Cl)c1. The second-order valence-corrected chi connectivity index (χ2v) is 6.18. The number of aryl methyl sites for hydroxylation is 1. The summed E-state index contributed by atoms with van der Waals surface area (Å²) in [5.41, 5.74) is 7.28. The number of hydrogen-bond acceptors (Lipinski definition) is 2. The second-order valence-electron chi connectivity index (χ2n) is 4.33. The first kappa shape index (κ1) is 13.9. The van der Waals surface area contributed by atoms with Crippen LogP contribution in [-0.4, -0.2) is 6.04 Å². The van der Waals surface area contributed by atoms with Crippen LogP contribution in [0.25, 0.3) is 0 Å². The maximum absolute atomic E-state index is 6.14. The van der Waals surface area contributed by atoms with E-state index in [4.69, 9.17) is 28.9 Å². The van der Waals surface area contributed by atoms with Crippen LogP contribution in [0.5, 0.6) is 0 Å². The number of thiophene rings is 1. The minimum absolute atomic E-state index is 0.157. The Bertz CT molecular complexity index is 497. The molecule has 0 aliphatic heterocycles. The van der Waals surface area contributed by atoms with Gasteiger partial charge < -0.3 is 5.73 Å². The fourth-order valence-electron chi connectivity index (χ4n) is 1.85. The van der Waals surface area contributed by atoms with E-state index >= 15 is 0 Å². The van der Waals surface area contributed by atoms with Crippen LogP contribution in [-0.2, 0) is 12.8 Å². The monoisotopic (exact) mass is 299 g/mol. The van der Waals surface area contributed by atoms with Gasteiger partial charge in [-0.15, -0.1) is 11.3 Å². The molecule has 0 aliphatic carbocycles. The van der Waals surface area contributed by atoms with Crippen molar-refractivity contribution in [3.63, 3.8) is 0 Å². The van der Waals surface area contributed by atoms with Crippen molar-refractivity contribution in [1.29, 1.82) is 0 Å². The van der Waals surface area contributed by atoms with Crippen molar-refractivity contribution in [1.82, 2.24) is 0 Å². The molecule has 0 aliphatic rings. The molecular weight excluding hydrogens is 285 g/mol. The fourth-order valence-corrected chi connectivity index (χ4v) is 2.90. The molecule has 1 atom stereocenters. The molecule has 0 saturated carbocycles. The molecule has 1 nitrogen and oxygen atoms in total. The second kappa shape index (κ2) is 6.58. The Labute approximate surface area is 122 Å². The van der Waals surface area contributed by atoms with Crippen LogP contribution in [0.2, 0.25) is 10.0 Å². The summed E-state index contributed by atoms with van der Waals surface area (Å²) in [5, 5.41) is 3.28. The molecular formula is C14H15Cl2NS. The number of hydrogen-bond donors (Lipinski definition) is 1. The summed E-state index contributed by atoms with van der Waals surface area (Å²) in [6.45, 7) is 0. The molecule has 96 valence electrons. The minimum Gasteiger partial charge on any atom is -0.327 e. The number of nitrogens with two attached hydrogens (primary N) is 1. The van der Waals surface area contributed by atoms with E-state index in [2.05, 4.69) is 17.5 Å². The van der Waals surface area contributed by atoms with Gasteiger partial charge in [0.1, 0.15) is 0 Å². The molecule has 1 aromatic carbocycles. The molecule has 0 bridgehead atoms. The van der Waals surface area contributed by atoms with E-state index in [0.29, 0.717) is 10.0 Å². The Kier molecular flexibility index (Phi) is 5.07. The first-order valence-electron chi connectivity index (χ1n) is 5.87.